The molecule has 666 valence electrons. The van der Waals surface area contributed by atoms with E-state index in [1.54, 1.807) is 71.9 Å². The minimum atomic E-state index is -1.75. The van der Waals surface area contributed by atoms with Crippen molar-refractivity contribution >= 4 is 107 Å². The monoisotopic (exact) mass is 1690 g/mol. The number of amides is 15. The number of nitrogens with one attached hydrogen (secondary N) is 13. The van der Waals surface area contributed by atoms with Gasteiger partial charge in [0.05, 0.1) is 32.3 Å². The number of aromatic hydroxyl groups is 1. The first kappa shape index (κ1) is 101. The van der Waals surface area contributed by atoms with Crippen LogP contribution in [0.4, 0.5) is 0 Å². The molecular formula is C80H123N17O23. The van der Waals surface area contributed by atoms with Gasteiger partial charge in [0.25, 0.3) is 0 Å². The average molecular weight is 1690 g/mol. The molecule has 2 aliphatic rings. The standard InChI is InChI=1S/C80H123N17O23/c1-10-44(6)65(82)75(114)90-52(22-16-17-33-81)78(117)97-35-19-24-59(97)74(113)95-67(46(8)12-3)77(116)93-57(42-98)72(111)94-66(45(7)11-2)76(115)86-47(9)68(107)84-39-60(100)83-40-61(101)88-55(37-48-20-14-13-15-21-48)71(110)91-54(38-49-25-27-50(99)28-26-49)69(108)85-41-62(102)87-51(29-31-63(103)104)70(109)89-53(30-32-64(105)106)79(118)96-34-18-23-58(96)73(112)92-56(80(119)120)36-43(4)5/h13-15,20-21,25-28,43-47,51-59,65-67,98-99H,10-12,16-19,22-24,29-42,81-82H2,1-9H3,(H,83,100)(H,84,107)(H,85,108)(H,86,115)(H,87,102)(H,88,101)(H,89,109)(H,90,114)(H,91,110)(H,92,112)(H,93,116)(H,94,111)(H,95,113)(H,103,104)(H,105,106)(H,119,120)/t44-,45-,46-,47-,51-,52-,53-,54-,55-,56-,57-,58-,59-,65-,66-,67-/m0/s1. The Labute approximate surface area is 697 Å². The van der Waals surface area contributed by atoms with E-state index in [-0.39, 0.29) is 82.0 Å². The number of aliphatic hydroxyl groups excluding tert-OH is 1. The second-order valence-corrected chi connectivity index (χ2v) is 30.9. The molecule has 15 amide bonds. The average Bonchev–Trinajstić information content (AvgIpc) is 1.66. The molecule has 2 saturated heterocycles. The zero-order chi connectivity index (χ0) is 89.6. The van der Waals surface area contributed by atoms with Crippen molar-refractivity contribution < 1.29 is 112 Å². The van der Waals surface area contributed by atoms with E-state index in [2.05, 4.69) is 69.1 Å². The van der Waals surface area contributed by atoms with E-state index in [0.717, 1.165) is 4.90 Å². The molecule has 0 radical (unpaired) electrons. The summed E-state index contributed by atoms with van der Waals surface area (Å²) in [6, 6.07) is -4.06. The van der Waals surface area contributed by atoms with E-state index in [0.29, 0.717) is 49.8 Å². The molecule has 2 aliphatic heterocycles. The summed E-state index contributed by atoms with van der Waals surface area (Å²) < 4.78 is 0. The number of nitrogens with zero attached hydrogens (tertiary/aromatic N) is 2. The molecule has 0 bridgehead atoms. The van der Waals surface area contributed by atoms with Crippen molar-refractivity contribution in [1.82, 2.24) is 78.9 Å². The minimum Gasteiger partial charge on any atom is -0.508 e. The number of carbonyl (C=O) groups is 18. The molecule has 0 spiro atoms. The molecule has 0 aromatic heterocycles. The third-order valence-corrected chi connectivity index (χ3v) is 21.1. The number of phenols is 1. The van der Waals surface area contributed by atoms with Crippen LogP contribution in [-0.2, 0) is 99.1 Å². The number of carbonyl (C=O) groups excluding carboxylic acids is 15. The molecule has 2 heterocycles. The van der Waals surface area contributed by atoms with E-state index in [4.69, 9.17) is 11.5 Å². The molecule has 22 N–H and O–H groups in total. The Kier molecular flexibility index (Phi) is 43.0. The quantitative estimate of drug-likeness (QED) is 0.0290. The van der Waals surface area contributed by atoms with Crippen LogP contribution in [0.25, 0.3) is 0 Å². The molecule has 120 heavy (non-hydrogen) atoms. The Bertz CT molecular complexity index is 3860. The van der Waals surface area contributed by atoms with Crippen LogP contribution in [0.1, 0.15) is 170 Å². The van der Waals surface area contributed by atoms with Gasteiger partial charge in [-0.3, -0.25) is 81.5 Å². The Balaban J connectivity index is 1.41. The number of aliphatic hydroxyl groups is 1. The Hall–Kier alpha value is -11.4. The summed E-state index contributed by atoms with van der Waals surface area (Å²) in [6.45, 7) is 12.2. The van der Waals surface area contributed by atoms with Gasteiger partial charge < -0.3 is 116 Å². The van der Waals surface area contributed by atoms with Gasteiger partial charge in [-0.1, -0.05) is 117 Å². The number of nitrogens with two attached hydrogens (primary N) is 2. The number of aliphatic carboxylic acids is 3. The lowest BCUT2D eigenvalue weighted by Crippen LogP contribution is -2.62. The van der Waals surface area contributed by atoms with Crippen LogP contribution in [-0.4, -0.2) is 266 Å². The first-order chi connectivity index (χ1) is 56.8. The summed E-state index contributed by atoms with van der Waals surface area (Å²) in [5.41, 5.74) is 12.8. The van der Waals surface area contributed by atoms with Crippen LogP contribution in [0.3, 0.4) is 0 Å². The number of carboxylic acids is 3. The van der Waals surface area contributed by atoms with E-state index < -0.39 is 249 Å². The summed E-state index contributed by atoms with van der Waals surface area (Å²) in [6.07, 6.45) is 0.528. The molecule has 2 fully saturated rings. The molecule has 40 nitrogen and oxygen atoms in total. The second-order valence-electron chi connectivity index (χ2n) is 30.9. The van der Waals surface area contributed by atoms with Crippen molar-refractivity contribution in [2.75, 3.05) is 45.9 Å². The van der Waals surface area contributed by atoms with Gasteiger partial charge in [0.1, 0.15) is 78.3 Å². The maximum atomic E-state index is 14.4. The SMILES string of the molecule is CC[C@H](C)[C@H](N)C(=O)N[C@@H](CCCCN)C(=O)N1CCC[C@H]1C(=O)N[C@H](C(=O)N[C@@H](CO)C(=O)N[C@H](C(=O)N[C@@H](C)C(=O)NCC(=O)NCC(=O)N[C@@H](Cc1ccccc1)C(=O)N[C@@H](Cc1ccc(O)cc1)C(=O)NCC(=O)N[C@@H](CCC(=O)O)C(=O)N[C@@H](CCC(=O)O)C(=O)N1CCC[C@H]1C(=O)N[C@@H](CC(C)C)C(=O)O)[C@@H](C)CC)[C@@H](C)CC. The van der Waals surface area contributed by atoms with Crippen molar-refractivity contribution in [2.24, 2.45) is 35.1 Å². The molecule has 0 saturated carbocycles. The van der Waals surface area contributed by atoms with Gasteiger partial charge in [-0.25, -0.2) is 4.79 Å². The number of hydrogen-bond acceptors (Lipinski definition) is 22. The number of rotatable bonds is 52. The van der Waals surface area contributed by atoms with E-state index in [1.807, 2.05) is 13.8 Å². The fourth-order valence-electron chi connectivity index (χ4n) is 13.3. The number of phenolic OH excluding ortho intramolecular Hbond substituents is 1. The lowest BCUT2D eigenvalue weighted by molar-refractivity contribution is -0.145. The number of unbranched alkanes of at least 4 members (excludes halogenated alkanes) is 1. The van der Waals surface area contributed by atoms with Crippen LogP contribution in [0.15, 0.2) is 54.6 Å². The molecule has 16 atom stereocenters. The maximum absolute atomic E-state index is 14.4. The topological polar surface area (TPSA) is 623 Å². The summed E-state index contributed by atoms with van der Waals surface area (Å²) in [5, 5.41) is 81.8. The summed E-state index contributed by atoms with van der Waals surface area (Å²) >= 11 is 0. The minimum absolute atomic E-state index is 0.0461. The van der Waals surface area contributed by atoms with Gasteiger partial charge in [0.2, 0.25) is 88.6 Å². The van der Waals surface area contributed by atoms with Crippen LogP contribution < -0.4 is 80.6 Å². The zero-order valence-corrected chi connectivity index (χ0v) is 69.6. The van der Waals surface area contributed by atoms with Crippen molar-refractivity contribution in [3.05, 3.63) is 65.7 Å². The van der Waals surface area contributed by atoms with E-state index in [9.17, 15) is 112 Å². The number of likely N-dealkylation sites (tertiary alicyclic amines) is 2. The predicted molar refractivity (Wildman–Crippen MR) is 433 cm³/mol. The number of carboxylic acid groups (broad SMARTS) is 3. The van der Waals surface area contributed by atoms with Crippen LogP contribution >= 0.6 is 0 Å². The maximum Gasteiger partial charge on any atom is 0.326 e. The van der Waals surface area contributed by atoms with Crippen LogP contribution in [0.5, 0.6) is 5.75 Å². The van der Waals surface area contributed by atoms with Gasteiger partial charge in [0, 0.05) is 38.8 Å². The third kappa shape index (κ3) is 33.4. The molecule has 4 rings (SSSR count). The summed E-state index contributed by atoms with van der Waals surface area (Å²) in [4.78, 5) is 246. The number of hydrogen-bond donors (Lipinski definition) is 20. The normalized spacial score (nSPS) is 17.2. The molecule has 40 heteroatoms. The Morgan fingerprint density at radius 2 is 0.883 bits per heavy atom. The highest BCUT2D eigenvalue weighted by Gasteiger charge is 2.43. The lowest BCUT2D eigenvalue weighted by Gasteiger charge is -2.32. The smallest absolute Gasteiger partial charge is 0.326 e. The lowest BCUT2D eigenvalue weighted by atomic mass is 9.96. The first-order valence-corrected chi connectivity index (χ1v) is 40.8. The highest BCUT2D eigenvalue weighted by atomic mass is 16.4. The van der Waals surface area contributed by atoms with Crippen LogP contribution in [0, 0.1) is 23.7 Å². The van der Waals surface area contributed by atoms with Crippen molar-refractivity contribution in [3.8, 4) is 5.75 Å². The highest BCUT2D eigenvalue weighted by Crippen LogP contribution is 2.24. The fraction of sp³-hybridized carbons (Fsp3) is 0.625. The van der Waals surface area contributed by atoms with Crippen molar-refractivity contribution in [2.45, 2.75) is 250 Å². The van der Waals surface area contributed by atoms with Gasteiger partial charge in [-0.2, -0.15) is 0 Å². The number of benzene rings is 2. The largest absolute Gasteiger partial charge is 0.508 e. The highest BCUT2D eigenvalue weighted by molar-refractivity contribution is 6.00. The second kappa shape index (κ2) is 51.1. The molecule has 0 unspecified atom stereocenters. The first-order valence-electron chi connectivity index (χ1n) is 40.8. The van der Waals surface area contributed by atoms with Crippen LogP contribution in [0.2, 0.25) is 0 Å². The molecule has 0 aliphatic carbocycles. The van der Waals surface area contributed by atoms with Gasteiger partial charge >= 0.3 is 17.9 Å². The molecular weight excluding hydrogens is 1570 g/mol. The zero-order valence-electron chi connectivity index (χ0n) is 69.6. The Morgan fingerprint density at radius 1 is 0.442 bits per heavy atom. The fourth-order valence-corrected chi connectivity index (χ4v) is 13.3. The molecule has 2 aromatic rings. The summed E-state index contributed by atoms with van der Waals surface area (Å²) in [7, 11) is 0. The van der Waals surface area contributed by atoms with E-state index >= 15 is 0 Å². The Morgan fingerprint density at radius 3 is 1.41 bits per heavy atom. The van der Waals surface area contributed by atoms with E-state index in [1.165, 1.54) is 36.1 Å². The summed E-state index contributed by atoms with van der Waals surface area (Å²) in [5.74, 6) is -19.0. The van der Waals surface area contributed by atoms with Crippen molar-refractivity contribution in [1.29, 1.82) is 0 Å². The van der Waals surface area contributed by atoms with Gasteiger partial charge in [-0.05, 0) is 125 Å². The van der Waals surface area contributed by atoms with Crippen molar-refractivity contribution in [3.63, 3.8) is 0 Å². The van der Waals surface area contributed by atoms with Gasteiger partial charge in [0.15, 0.2) is 0 Å². The van der Waals surface area contributed by atoms with Gasteiger partial charge in [-0.15, -0.1) is 0 Å². The predicted octanol–water partition coefficient (Wildman–Crippen LogP) is -3.18. The third-order valence-electron chi connectivity index (χ3n) is 21.1. The molecule has 2 aromatic carbocycles.